The maximum absolute atomic E-state index is 5.52. The van der Waals surface area contributed by atoms with Crippen molar-refractivity contribution in [2.24, 2.45) is 5.41 Å². The molecule has 1 aliphatic heterocycles. The van der Waals surface area contributed by atoms with Crippen LogP contribution in [-0.2, 0) is 4.74 Å². The highest BCUT2D eigenvalue weighted by atomic mass is 79.9. The molecule has 0 spiro atoms. The van der Waals surface area contributed by atoms with Gasteiger partial charge in [-0.1, -0.05) is 35.2 Å². The molecule has 3 heteroatoms. The Balaban J connectivity index is 1.88. The van der Waals surface area contributed by atoms with Gasteiger partial charge in [-0.25, -0.2) is 0 Å². The van der Waals surface area contributed by atoms with Crippen molar-refractivity contribution in [2.45, 2.75) is 51.0 Å². The molecule has 1 heterocycles. The molecule has 2 rings (SSSR count). The van der Waals surface area contributed by atoms with Gasteiger partial charge in [0.2, 0.25) is 0 Å². The smallest absolute Gasteiger partial charge is 0.0698 e. The number of nitrogens with zero attached hydrogens (tertiary/aromatic N) is 1. The Bertz CT molecular complexity index is 228. The highest BCUT2D eigenvalue weighted by Gasteiger charge is 2.34. The summed E-state index contributed by atoms with van der Waals surface area (Å²) in [4.78, 5) is 2.64. The fourth-order valence-electron chi connectivity index (χ4n) is 3.46. The lowest BCUT2D eigenvalue weighted by molar-refractivity contribution is 0.0115. The van der Waals surface area contributed by atoms with E-state index in [1.807, 2.05) is 7.11 Å². The lowest BCUT2D eigenvalue weighted by Crippen LogP contribution is -2.46. The monoisotopic (exact) mass is 303 g/mol. The number of piperidine rings is 1. The molecule has 0 radical (unpaired) electrons. The highest BCUT2D eigenvalue weighted by molar-refractivity contribution is 9.09. The number of rotatable bonds is 4. The van der Waals surface area contributed by atoms with Crippen LogP contribution in [0.3, 0.4) is 0 Å². The lowest BCUT2D eigenvalue weighted by Gasteiger charge is -2.42. The van der Waals surface area contributed by atoms with E-state index in [0.29, 0.717) is 11.5 Å². The van der Waals surface area contributed by atoms with Gasteiger partial charge in [-0.2, -0.15) is 0 Å². The van der Waals surface area contributed by atoms with Gasteiger partial charge in [-0.15, -0.1) is 0 Å². The second-order valence-corrected chi connectivity index (χ2v) is 6.49. The van der Waals surface area contributed by atoms with Crippen LogP contribution in [0.1, 0.15) is 44.9 Å². The summed E-state index contributed by atoms with van der Waals surface area (Å²) in [7, 11) is 1.86. The van der Waals surface area contributed by atoms with E-state index in [0.717, 1.165) is 6.54 Å². The van der Waals surface area contributed by atoms with Crippen LogP contribution < -0.4 is 0 Å². The van der Waals surface area contributed by atoms with Crippen LogP contribution in [0.15, 0.2) is 0 Å². The Kier molecular flexibility index (Phi) is 5.31. The van der Waals surface area contributed by atoms with Crippen molar-refractivity contribution >= 4 is 15.9 Å². The minimum Gasteiger partial charge on any atom is -0.380 e. The van der Waals surface area contributed by atoms with Gasteiger partial charge in [0.1, 0.15) is 0 Å². The molecule has 0 aromatic rings. The van der Waals surface area contributed by atoms with Crippen molar-refractivity contribution in [1.29, 1.82) is 0 Å². The molecule has 0 bridgehead atoms. The Morgan fingerprint density at radius 3 is 2.65 bits per heavy atom. The van der Waals surface area contributed by atoms with E-state index in [1.54, 1.807) is 0 Å². The first-order chi connectivity index (χ1) is 8.28. The Hall–Kier alpha value is 0.400. The molecule has 1 saturated heterocycles. The molecule has 2 nitrogen and oxygen atoms in total. The summed E-state index contributed by atoms with van der Waals surface area (Å²) in [5, 5.41) is 1.17. The second-order valence-electron chi connectivity index (χ2n) is 5.93. The second kappa shape index (κ2) is 6.53. The van der Waals surface area contributed by atoms with E-state index < -0.39 is 0 Å². The summed E-state index contributed by atoms with van der Waals surface area (Å²) in [5.41, 5.74) is 0.549. The number of ether oxygens (including phenoxy) is 1. The van der Waals surface area contributed by atoms with Gasteiger partial charge in [0.15, 0.2) is 0 Å². The van der Waals surface area contributed by atoms with Crippen LogP contribution in [0.4, 0.5) is 0 Å². The average Bonchev–Trinajstić information content (AvgIpc) is 2.40. The summed E-state index contributed by atoms with van der Waals surface area (Å²) < 4.78 is 5.52. The summed E-state index contributed by atoms with van der Waals surface area (Å²) in [6.45, 7) is 3.69. The Morgan fingerprint density at radius 2 is 2.00 bits per heavy atom. The quantitative estimate of drug-likeness (QED) is 0.738. The summed E-state index contributed by atoms with van der Waals surface area (Å²) in [6.07, 6.45) is 10.1. The van der Waals surface area contributed by atoms with Gasteiger partial charge in [0.05, 0.1) is 6.10 Å². The molecule has 2 aliphatic rings. The summed E-state index contributed by atoms with van der Waals surface area (Å²) in [6, 6.07) is 0. The van der Waals surface area contributed by atoms with Crippen molar-refractivity contribution in [3.63, 3.8) is 0 Å². The van der Waals surface area contributed by atoms with Crippen LogP contribution in [0.2, 0.25) is 0 Å². The molecule has 1 atom stereocenters. The van der Waals surface area contributed by atoms with Crippen LogP contribution >= 0.6 is 15.9 Å². The Morgan fingerprint density at radius 1 is 1.24 bits per heavy atom. The zero-order valence-electron chi connectivity index (χ0n) is 11.1. The van der Waals surface area contributed by atoms with E-state index in [-0.39, 0.29) is 0 Å². The number of likely N-dealkylation sites (tertiary alicyclic amines) is 1. The molecule has 1 unspecified atom stereocenters. The van der Waals surface area contributed by atoms with Crippen LogP contribution in [0, 0.1) is 5.41 Å². The number of methoxy groups -OCH3 is 1. The molecule has 0 aromatic heterocycles. The molecule has 0 amide bonds. The highest BCUT2D eigenvalue weighted by Crippen LogP contribution is 2.39. The van der Waals surface area contributed by atoms with Gasteiger partial charge in [-0.3, -0.25) is 0 Å². The molecule has 2 fully saturated rings. The fraction of sp³-hybridized carbons (Fsp3) is 1.00. The van der Waals surface area contributed by atoms with Gasteiger partial charge in [0.25, 0.3) is 0 Å². The molecular weight excluding hydrogens is 278 g/mol. The molecule has 17 heavy (non-hydrogen) atoms. The van der Waals surface area contributed by atoms with Gasteiger partial charge < -0.3 is 9.64 Å². The number of halogens is 1. The third-order valence-corrected chi connectivity index (χ3v) is 5.74. The van der Waals surface area contributed by atoms with E-state index in [9.17, 15) is 0 Å². The van der Waals surface area contributed by atoms with E-state index in [1.165, 1.54) is 63.4 Å². The maximum atomic E-state index is 5.52. The van der Waals surface area contributed by atoms with Crippen LogP contribution in [-0.4, -0.2) is 43.1 Å². The van der Waals surface area contributed by atoms with E-state index in [4.69, 9.17) is 4.74 Å². The summed E-state index contributed by atoms with van der Waals surface area (Å²) in [5.74, 6) is 0. The average molecular weight is 304 g/mol. The fourth-order valence-corrected chi connectivity index (χ4v) is 4.20. The van der Waals surface area contributed by atoms with Crippen molar-refractivity contribution in [3.8, 4) is 0 Å². The van der Waals surface area contributed by atoms with Crippen LogP contribution in [0.5, 0.6) is 0 Å². The third kappa shape index (κ3) is 3.68. The first-order valence-electron chi connectivity index (χ1n) is 7.09. The SMILES string of the molecule is COC1CCCN(CC2(CBr)CCCCC2)C1. The maximum Gasteiger partial charge on any atom is 0.0698 e. The number of alkyl halides is 1. The largest absolute Gasteiger partial charge is 0.380 e. The van der Waals surface area contributed by atoms with Gasteiger partial charge in [-0.05, 0) is 37.6 Å². The zero-order chi connectivity index (χ0) is 12.1. The van der Waals surface area contributed by atoms with Crippen molar-refractivity contribution in [1.82, 2.24) is 4.90 Å². The minimum absolute atomic E-state index is 0.472. The number of hydrogen-bond donors (Lipinski definition) is 0. The molecule has 0 N–H and O–H groups in total. The predicted molar refractivity (Wildman–Crippen MR) is 75.8 cm³/mol. The first-order valence-corrected chi connectivity index (χ1v) is 8.21. The van der Waals surface area contributed by atoms with E-state index in [2.05, 4.69) is 20.8 Å². The van der Waals surface area contributed by atoms with Gasteiger partial charge in [0, 0.05) is 25.5 Å². The normalized spacial score (nSPS) is 30.4. The molecule has 1 saturated carbocycles. The van der Waals surface area contributed by atoms with Crippen molar-refractivity contribution < 1.29 is 4.74 Å². The summed E-state index contributed by atoms with van der Waals surface area (Å²) >= 11 is 3.77. The first kappa shape index (κ1) is 13.8. The van der Waals surface area contributed by atoms with E-state index >= 15 is 0 Å². The third-order valence-electron chi connectivity index (χ3n) is 4.55. The van der Waals surface area contributed by atoms with Crippen LogP contribution in [0.25, 0.3) is 0 Å². The topological polar surface area (TPSA) is 12.5 Å². The predicted octanol–water partition coefficient (Wildman–Crippen LogP) is 3.44. The van der Waals surface area contributed by atoms with Crippen molar-refractivity contribution in [3.05, 3.63) is 0 Å². The zero-order valence-corrected chi connectivity index (χ0v) is 12.7. The molecular formula is C14H26BrNO. The Labute approximate surface area is 114 Å². The standard InChI is InChI=1S/C14H26BrNO/c1-17-13-6-5-9-16(10-13)12-14(11-15)7-3-2-4-8-14/h13H,2-12H2,1H3. The molecule has 0 aromatic carbocycles. The van der Waals surface area contributed by atoms with Gasteiger partial charge >= 0.3 is 0 Å². The molecule has 100 valence electrons. The van der Waals surface area contributed by atoms with Crippen molar-refractivity contribution in [2.75, 3.05) is 32.1 Å². The molecule has 1 aliphatic carbocycles. The number of hydrogen-bond acceptors (Lipinski definition) is 2. The minimum atomic E-state index is 0.472. The lowest BCUT2D eigenvalue weighted by atomic mass is 9.75.